The third-order valence-corrected chi connectivity index (χ3v) is 3.29. The van der Waals surface area contributed by atoms with Gasteiger partial charge in [0.1, 0.15) is 5.57 Å². The Morgan fingerprint density at radius 1 is 1.22 bits per heavy atom. The summed E-state index contributed by atoms with van der Waals surface area (Å²) in [7, 11) is 3.62. The highest BCUT2D eigenvalue weighted by molar-refractivity contribution is 6.30. The molecule has 0 aliphatic carbocycles. The molecule has 0 atom stereocenters. The van der Waals surface area contributed by atoms with Crippen molar-refractivity contribution >= 4 is 29.9 Å². The van der Waals surface area contributed by atoms with Crippen LogP contribution >= 0.6 is 0 Å². The predicted molar refractivity (Wildman–Crippen MR) is 84.5 cm³/mol. The number of carbonyl (C=O) groups is 3. The molecule has 0 radical (unpaired) electrons. The average Bonchev–Trinajstić information content (AvgIpc) is 2.51. The Morgan fingerprint density at radius 2 is 1.87 bits per heavy atom. The van der Waals surface area contributed by atoms with Gasteiger partial charge in [-0.3, -0.25) is 19.8 Å². The summed E-state index contributed by atoms with van der Waals surface area (Å²) in [6, 6.07) is -0.676. The summed E-state index contributed by atoms with van der Waals surface area (Å²) in [6.07, 6.45) is 5.94. The summed E-state index contributed by atoms with van der Waals surface area (Å²) in [6.45, 7) is 2.24. The minimum absolute atomic E-state index is 0.0955. The van der Waals surface area contributed by atoms with Gasteiger partial charge < -0.3 is 4.90 Å². The normalized spacial score (nSPS) is 16.7. The Hall–Kier alpha value is -2.77. The molecule has 8 heteroatoms. The number of aromatic nitrogens is 2. The molecule has 1 N–H and O–H groups in total. The van der Waals surface area contributed by atoms with Crippen LogP contribution in [0.25, 0.3) is 6.08 Å². The van der Waals surface area contributed by atoms with Crippen molar-refractivity contribution in [3.8, 4) is 0 Å². The lowest BCUT2D eigenvalue weighted by molar-refractivity contribution is -0.130. The van der Waals surface area contributed by atoms with Crippen LogP contribution in [0, 0.1) is 0 Å². The largest absolute Gasteiger partial charge is 0.347 e. The molecule has 2 heterocycles. The number of nitrogens with zero attached hydrogens (tertiary/aromatic N) is 4. The second kappa shape index (κ2) is 6.99. The number of urea groups is 1. The first-order valence-electron chi connectivity index (χ1n) is 7.32. The van der Waals surface area contributed by atoms with Gasteiger partial charge in [-0.25, -0.2) is 14.8 Å². The van der Waals surface area contributed by atoms with Gasteiger partial charge in [-0.05, 0) is 12.5 Å². The van der Waals surface area contributed by atoms with Crippen LogP contribution in [-0.4, -0.2) is 53.4 Å². The number of hydrogen-bond donors (Lipinski definition) is 1. The molecule has 1 aliphatic rings. The zero-order valence-electron chi connectivity index (χ0n) is 13.4. The van der Waals surface area contributed by atoms with Gasteiger partial charge in [-0.15, -0.1) is 0 Å². The van der Waals surface area contributed by atoms with Crippen molar-refractivity contribution in [2.75, 3.05) is 25.5 Å². The third kappa shape index (κ3) is 3.71. The topological polar surface area (TPSA) is 95.5 Å². The Bertz CT molecular complexity index is 652. The molecular weight excluding hydrogens is 298 g/mol. The highest BCUT2D eigenvalue weighted by atomic mass is 16.2. The summed E-state index contributed by atoms with van der Waals surface area (Å²) in [4.78, 5) is 47.1. The number of rotatable bonds is 5. The summed E-state index contributed by atoms with van der Waals surface area (Å²) in [5, 5.41) is 2.18. The van der Waals surface area contributed by atoms with E-state index in [1.165, 1.54) is 18.5 Å². The van der Waals surface area contributed by atoms with E-state index >= 15 is 0 Å². The first-order chi connectivity index (χ1) is 10.9. The van der Waals surface area contributed by atoms with Gasteiger partial charge in [0.15, 0.2) is 0 Å². The number of carbonyl (C=O) groups excluding carboxylic acids is 3. The lowest BCUT2D eigenvalue weighted by Gasteiger charge is -2.26. The maximum Gasteiger partial charge on any atom is 0.331 e. The van der Waals surface area contributed by atoms with Crippen LogP contribution in [0.4, 0.5) is 10.7 Å². The van der Waals surface area contributed by atoms with Crippen LogP contribution in [-0.2, 0) is 9.59 Å². The maximum absolute atomic E-state index is 12.4. The van der Waals surface area contributed by atoms with E-state index in [0.29, 0.717) is 17.9 Å². The minimum atomic E-state index is -0.704. The molecule has 1 saturated heterocycles. The van der Waals surface area contributed by atoms with Crippen LogP contribution < -0.4 is 10.2 Å². The molecule has 1 aromatic heterocycles. The minimum Gasteiger partial charge on any atom is -0.347 e. The smallest absolute Gasteiger partial charge is 0.331 e. The Labute approximate surface area is 134 Å². The van der Waals surface area contributed by atoms with Crippen molar-refractivity contribution in [1.29, 1.82) is 0 Å². The number of unbranched alkanes of at least 4 members (excludes halogenated alkanes) is 1. The predicted octanol–water partition coefficient (Wildman–Crippen LogP) is 0.804. The third-order valence-electron chi connectivity index (χ3n) is 3.29. The van der Waals surface area contributed by atoms with Crippen molar-refractivity contribution in [2.45, 2.75) is 19.8 Å². The second-order valence-corrected chi connectivity index (χ2v) is 5.34. The lowest BCUT2D eigenvalue weighted by Crippen LogP contribution is -2.54. The molecular formula is C15H19N5O3. The highest BCUT2D eigenvalue weighted by Crippen LogP contribution is 2.15. The number of anilines is 1. The van der Waals surface area contributed by atoms with E-state index < -0.39 is 17.8 Å². The molecule has 23 heavy (non-hydrogen) atoms. The van der Waals surface area contributed by atoms with E-state index in [2.05, 4.69) is 15.3 Å². The summed E-state index contributed by atoms with van der Waals surface area (Å²) < 4.78 is 0. The number of nitrogens with one attached hydrogen (secondary N) is 1. The van der Waals surface area contributed by atoms with Crippen LogP contribution in [0.5, 0.6) is 0 Å². The molecule has 1 aromatic rings. The van der Waals surface area contributed by atoms with E-state index in [9.17, 15) is 14.4 Å². The summed E-state index contributed by atoms with van der Waals surface area (Å²) >= 11 is 0. The molecule has 1 aliphatic heterocycles. The van der Waals surface area contributed by atoms with Crippen molar-refractivity contribution in [1.82, 2.24) is 20.2 Å². The van der Waals surface area contributed by atoms with Gasteiger partial charge in [-0.1, -0.05) is 13.3 Å². The van der Waals surface area contributed by atoms with E-state index in [1.54, 1.807) is 4.90 Å². The molecule has 122 valence electrons. The van der Waals surface area contributed by atoms with Crippen molar-refractivity contribution < 1.29 is 14.4 Å². The standard InChI is InChI=1S/C15H19N5O3/c1-4-5-6-20-13(22)11(12(21)18-15(20)23)7-10-8-16-14(17-9-10)19(2)3/h7-9H,4-6H2,1-3H3,(H,18,21,23)/b11-7-. The van der Waals surface area contributed by atoms with Crippen molar-refractivity contribution in [3.05, 3.63) is 23.5 Å². The van der Waals surface area contributed by atoms with E-state index in [1.807, 2.05) is 21.0 Å². The van der Waals surface area contributed by atoms with Gasteiger partial charge in [0.2, 0.25) is 5.95 Å². The fourth-order valence-corrected chi connectivity index (χ4v) is 2.02. The summed E-state index contributed by atoms with van der Waals surface area (Å²) in [5.74, 6) is -0.778. The van der Waals surface area contributed by atoms with Gasteiger partial charge in [0, 0.05) is 38.6 Å². The summed E-state index contributed by atoms with van der Waals surface area (Å²) in [5.41, 5.74) is 0.417. The number of barbiturate groups is 1. The molecule has 0 saturated carbocycles. The van der Waals surface area contributed by atoms with Crippen LogP contribution in [0.15, 0.2) is 18.0 Å². The number of amides is 4. The SMILES string of the molecule is CCCCN1C(=O)NC(=O)/C(=C/c2cnc(N(C)C)nc2)C1=O. The molecule has 1 fully saturated rings. The molecule has 0 spiro atoms. The molecule has 0 bridgehead atoms. The average molecular weight is 317 g/mol. The quantitative estimate of drug-likeness (QED) is 0.637. The lowest BCUT2D eigenvalue weighted by atomic mass is 10.1. The first-order valence-corrected chi connectivity index (χ1v) is 7.32. The zero-order valence-corrected chi connectivity index (χ0v) is 13.4. The Balaban J connectivity index is 2.26. The second-order valence-electron chi connectivity index (χ2n) is 5.34. The Kier molecular flexibility index (Phi) is 5.05. The van der Waals surface area contributed by atoms with Gasteiger partial charge in [0.25, 0.3) is 11.8 Å². The molecule has 2 rings (SSSR count). The monoisotopic (exact) mass is 317 g/mol. The fourth-order valence-electron chi connectivity index (χ4n) is 2.02. The van der Waals surface area contributed by atoms with Crippen LogP contribution in [0.3, 0.4) is 0 Å². The zero-order chi connectivity index (χ0) is 17.0. The fraction of sp³-hybridized carbons (Fsp3) is 0.400. The van der Waals surface area contributed by atoms with Gasteiger partial charge in [0.05, 0.1) is 0 Å². The van der Waals surface area contributed by atoms with Crippen molar-refractivity contribution in [3.63, 3.8) is 0 Å². The van der Waals surface area contributed by atoms with Crippen LogP contribution in [0.2, 0.25) is 0 Å². The van der Waals surface area contributed by atoms with Crippen LogP contribution in [0.1, 0.15) is 25.3 Å². The van der Waals surface area contributed by atoms with E-state index in [0.717, 1.165) is 11.3 Å². The van der Waals surface area contributed by atoms with E-state index in [-0.39, 0.29) is 12.1 Å². The molecule has 8 nitrogen and oxygen atoms in total. The molecule has 0 aromatic carbocycles. The maximum atomic E-state index is 12.4. The molecule has 4 amide bonds. The highest BCUT2D eigenvalue weighted by Gasteiger charge is 2.35. The van der Waals surface area contributed by atoms with Gasteiger partial charge in [-0.2, -0.15) is 0 Å². The van der Waals surface area contributed by atoms with E-state index in [4.69, 9.17) is 0 Å². The molecule has 0 unspecified atom stereocenters. The Morgan fingerprint density at radius 3 is 2.43 bits per heavy atom. The van der Waals surface area contributed by atoms with Gasteiger partial charge >= 0.3 is 6.03 Å². The first kappa shape index (κ1) is 16.6. The number of hydrogen-bond acceptors (Lipinski definition) is 6. The van der Waals surface area contributed by atoms with Crippen molar-refractivity contribution in [2.24, 2.45) is 0 Å². The number of imide groups is 2.